The molecule has 1 unspecified atom stereocenters. The zero-order valence-electron chi connectivity index (χ0n) is 13.4. The van der Waals surface area contributed by atoms with Gasteiger partial charge in [0, 0.05) is 31.1 Å². The quantitative estimate of drug-likeness (QED) is 0.671. The smallest absolute Gasteiger partial charge is 0.293 e. The van der Waals surface area contributed by atoms with Crippen molar-refractivity contribution in [1.82, 2.24) is 10.3 Å². The summed E-state index contributed by atoms with van der Waals surface area (Å²) < 4.78 is 0. The van der Waals surface area contributed by atoms with Gasteiger partial charge >= 0.3 is 0 Å². The molecule has 7 nitrogen and oxygen atoms in total. The highest BCUT2D eigenvalue weighted by molar-refractivity contribution is 7.09. The van der Waals surface area contributed by atoms with E-state index in [1.807, 2.05) is 19.2 Å². The number of hydrogen-bond donors (Lipinski definition) is 1. The van der Waals surface area contributed by atoms with Crippen LogP contribution in [0.2, 0.25) is 0 Å². The van der Waals surface area contributed by atoms with E-state index in [4.69, 9.17) is 0 Å². The van der Waals surface area contributed by atoms with Crippen molar-refractivity contribution in [3.63, 3.8) is 0 Å². The first-order valence-electron chi connectivity index (χ1n) is 6.98. The van der Waals surface area contributed by atoms with Crippen LogP contribution in [0.5, 0.6) is 0 Å². The summed E-state index contributed by atoms with van der Waals surface area (Å²) in [6.07, 6.45) is 0. The Morgan fingerprint density at radius 3 is 2.65 bits per heavy atom. The predicted molar refractivity (Wildman–Crippen MR) is 90.2 cm³/mol. The van der Waals surface area contributed by atoms with Crippen molar-refractivity contribution < 1.29 is 9.72 Å². The summed E-state index contributed by atoms with van der Waals surface area (Å²) in [5, 5.41) is 16.8. The van der Waals surface area contributed by atoms with Gasteiger partial charge in [-0.3, -0.25) is 14.9 Å². The van der Waals surface area contributed by atoms with E-state index in [1.54, 1.807) is 31.1 Å². The molecule has 2 aromatic rings. The van der Waals surface area contributed by atoms with Crippen molar-refractivity contribution in [2.75, 3.05) is 19.0 Å². The minimum absolute atomic E-state index is 0.0974. The summed E-state index contributed by atoms with van der Waals surface area (Å²) in [6.45, 7) is 3.72. The highest BCUT2D eigenvalue weighted by Crippen LogP contribution is 2.28. The molecule has 0 radical (unpaired) electrons. The molecule has 23 heavy (non-hydrogen) atoms. The maximum Gasteiger partial charge on any atom is 0.293 e. The number of nitro groups is 1. The molecule has 1 aromatic carbocycles. The molecule has 1 N–H and O–H groups in total. The lowest BCUT2D eigenvalue weighted by Crippen LogP contribution is -2.27. The van der Waals surface area contributed by atoms with E-state index in [2.05, 4.69) is 10.3 Å². The fourth-order valence-corrected chi connectivity index (χ4v) is 2.83. The van der Waals surface area contributed by atoms with Crippen LogP contribution < -0.4 is 10.2 Å². The van der Waals surface area contributed by atoms with Crippen LogP contribution in [0.25, 0.3) is 0 Å². The number of aryl methyl sites for hydroxylation is 1. The molecule has 0 saturated heterocycles. The Labute approximate surface area is 138 Å². The van der Waals surface area contributed by atoms with E-state index in [0.717, 1.165) is 10.7 Å². The topological polar surface area (TPSA) is 88.4 Å². The van der Waals surface area contributed by atoms with Crippen LogP contribution >= 0.6 is 11.3 Å². The number of nitro benzene ring substituents is 1. The molecule has 8 heteroatoms. The molecule has 0 saturated carbocycles. The van der Waals surface area contributed by atoms with Crippen molar-refractivity contribution >= 4 is 28.6 Å². The highest BCUT2D eigenvalue weighted by Gasteiger charge is 2.20. The summed E-state index contributed by atoms with van der Waals surface area (Å²) in [5.41, 5.74) is 1.39. The van der Waals surface area contributed by atoms with Gasteiger partial charge < -0.3 is 10.2 Å². The van der Waals surface area contributed by atoms with E-state index in [-0.39, 0.29) is 23.2 Å². The maximum atomic E-state index is 12.3. The first kappa shape index (κ1) is 16.9. The van der Waals surface area contributed by atoms with Crippen LogP contribution in [-0.2, 0) is 0 Å². The Morgan fingerprint density at radius 2 is 2.13 bits per heavy atom. The van der Waals surface area contributed by atoms with Gasteiger partial charge in [-0.15, -0.1) is 11.3 Å². The maximum absolute atomic E-state index is 12.3. The molecule has 1 atom stereocenters. The molecular formula is C15H18N4O3S. The van der Waals surface area contributed by atoms with Crippen LogP contribution in [0, 0.1) is 17.0 Å². The average Bonchev–Trinajstić information content (AvgIpc) is 2.93. The van der Waals surface area contributed by atoms with Crippen molar-refractivity contribution in [3.05, 3.63) is 50.0 Å². The van der Waals surface area contributed by atoms with Gasteiger partial charge in [-0.1, -0.05) is 0 Å². The average molecular weight is 334 g/mol. The Bertz CT molecular complexity index is 742. The molecule has 122 valence electrons. The molecule has 0 bridgehead atoms. The molecule has 0 spiro atoms. The largest absolute Gasteiger partial charge is 0.372 e. The van der Waals surface area contributed by atoms with E-state index in [9.17, 15) is 14.9 Å². The second-order valence-electron chi connectivity index (χ2n) is 5.34. The third-order valence-electron chi connectivity index (χ3n) is 3.34. The standard InChI is InChI=1S/C15H18N4O3S/c1-9(12-8-23-10(2)17-12)16-15(20)11-5-6-13(18(3)4)14(7-11)19(21)22/h5-9H,1-4H3,(H,16,20). The Balaban J connectivity index is 2.22. The molecule has 2 rings (SSSR count). The van der Waals surface area contributed by atoms with E-state index in [0.29, 0.717) is 5.69 Å². The number of benzene rings is 1. The molecule has 0 fully saturated rings. The first-order valence-corrected chi connectivity index (χ1v) is 7.86. The molecule has 0 aliphatic heterocycles. The molecule has 1 amide bonds. The summed E-state index contributed by atoms with van der Waals surface area (Å²) >= 11 is 1.51. The minimum atomic E-state index is -0.487. The van der Waals surface area contributed by atoms with E-state index in [1.165, 1.54) is 17.4 Å². The fourth-order valence-electron chi connectivity index (χ4n) is 2.12. The first-order chi connectivity index (χ1) is 10.8. The van der Waals surface area contributed by atoms with E-state index < -0.39 is 4.92 Å². The Morgan fingerprint density at radius 1 is 1.43 bits per heavy atom. The minimum Gasteiger partial charge on any atom is -0.372 e. The molecule has 0 aliphatic carbocycles. The number of carbonyl (C=O) groups is 1. The van der Waals surface area contributed by atoms with Gasteiger partial charge in [0.25, 0.3) is 11.6 Å². The summed E-state index contributed by atoms with van der Waals surface area (Å²) in [5.74, 6) is -0.364. The van der Waals surface area contributed by atoms with Crippen LogP contribution in [0.3, 0.4) is 0 Å². The Kier molecular flexibility index (Phi) is 4.95. The van der Waals surface area contributed by atoms with E-state index >= 15 is 0 Å². The number of aromatic nitrogens is 1. The van der Waals surface area contributed by atoms with Crippen molar-refractivity contribution in [3.8, 4) is 0 Å². The number of rotatable bonds is 5. The lowest BCUT2D eigenvalue weighted by Gasteiger charge is -2.15. The number of thiazole rings is 1. The molecule has 1 heterocycles. The van der Waals surface area contributed by atoms with Gasteiger partial charge in [0.2, 0.25) is 0 Å². The second-order valence-corrected chi connectivity index (χ2v) is 6.40. The van der Waals surface area contributed by atoms with Crippen LogP contribution in [-0.4, -0.2) is 29.9 Å². The normalized spacial score (nSPS) is 11.8. The third kappa shape index (κ3) is 3.84. The number of anilines is 1. The van der Waals surface area contributed by atoms with Crippen LogP contribution in [0.15, 0.2) is 23.6 Å². The summed E-state index contributed by atoms with van der Waals surface area (Å²) in [4.78, 5) is 29.0. The van der Waals surface area contributed by atoms with Crippen LogP contribution in [0.1, 0.15) is 34.0 Å². The van der Waals surface area contributed by atoms with Crippen LogP contribution in [0.4, 0.5) is 11.4 Å². The van der Waals surface area contributed by atoms with Gasteiger partial charge in [-0.05, 0) is 26.0 Å². The lowest BCUT2D eigenvalue weighted by atomic mass is 10.1. The monoisotopic (exact) mass is 334 g/mol. The molecule has 0 aliphatic rings. The van der Waals surface area contributed by atoms with Crippen molar-refractivity contribution in [2.24, 2.45) is 0 Å². The van der Waals surface area contributed by atoms with Gasteiger partial charge in [-0.25, -0.2) is 4.98 Å². The second kappa shape index (κ2) is 6.74. The summed E-state index contributed by atoms with van der Waals surface area (Å²) in [7, 11) is 3.43. The number of hydrogen-bond acceptors (Lipinski definition) is 6. The highest BCUT2D eigenvalue weighted by atomic mass is 32.1. The molecular weight excluding hydrogens is 316 g/mol. The predicted octanol–water partition coefficient (Wildman–Crippen LogP) is 2.92. The number of nitrogens with zero attached hydrogens (tertiary/aromatic N) is 3. The zero-order valence-corrected chi connectivity index (χ0v) is 14.2. The van der Waals surface area contributed by atoms with Crippen molar-refractivity contribution in [1.29, 1.82) is 0 Å². The Hall–Kier alpha value is -2.48. The number of nitrogens with one attached hydrogen (secondary N) is 1. The van der Waals surface area contributed by atoms with Gasteiger partial charge in [0.15, 0.2) is 0 Å². The van der Waals surface area contributed by atoms with Gasteiger partial charge in [0.1, 0.15) is 5.69 Å². The zero-order chi connectivity index (χ0) is 17.1. The number of amides is 1. The SMILES string of the molecule is Cc1nc(C(C)NC(=O)c2ccc(N(C)C)c([N+](=O)[O-])c2)cs1. The van der Waals surface area contributed by atoms with Gasteiger partial charge in [0.05, 0.1) is 21.7 Å². The third-order valence-corrected chi connectivity index (χ3v) is 4.14. The fraction of sp³-hybridized carbons (Fsp3) is 0.333. The van der Waals surface area contributed by atoms with Crippen molar-refractivity contribution in [2.45, 2.75) is 19.9 Å². The number of carbonyl (C=O) groups excluding carboxylic acids is 1. The van der Waals surface area contributed by atoms with Gasteiger partial charge in [-0.2, -0.15) is 0 Å². The summed E-state index contributed by atoms with van der Waals surface area (Å²) in [6, 6.07) is 4.19. The lowest BCUT2D eigenvalue weighted by molar-refractivity contribution is -0.384. The molecule has 1 aromatic heterocycles.